The second-order valence-electron chi connectivity index (χ2n) is 4.71. The van der Waals surface area contributed by atoms with Gasteiger partial charge < -0.3 is 15.7 Å². The van der Waals surface area contributed by atoms with Gasteiger partial charge in [-0.15, -0.1) is 11.3 Å². The third kappa shape index (κ3) is 3.35. The van der Waals surface area contributed by atoms with Crippen molar-refractivity contribution in [3.8, 4) is 11.1 Å². The lowest BCUT2D eigenvalue weighted by molar-refractivity contribution is 0.0732. The normalized spacial score (nSPS) is 10.5. The molecule has 0 fully saturated rings. The van der Waals surface area contributed by atoms with Crippen molar-refractivity contribution in [2.24, 2.45) is 5.73 Å². The maximum Gasteiger partial charge on any atom is 0.259 e. The highest BCUT2D eigenvalue weighted by Gasteiger charge is 2.15. The molecule has 0 unspecified atom stereocenters. The number of amides is 2. The number of hydrogen-bond donors (Lipinski definition) is 2. The van der Waals surface area contributed by atoms with Gasteiger partial charge in [-0.25, -0.2) is 0 Å². The monoisotopic (exact) mass is 318 g/mol. The van der Waals surface area contributed by atoms with Crippen LogP contribution in [0.1, 0.15) is 27.0 Å². The summed E-state index contributed by atoms with van der Waals surface area (Å²) in [5.74, 6) is -0.575. The Kier molecular flexibility index (Phi) is 5.30. The Balaban J connectivity index is 2.25. The van der Waals surface area contributed by atoms with Crippen LogP contribution in [0.3, 0.4) is 0 Å². The van der Waals surface area contributed by atoms with Crippen LogP contribution in [-0.4, -0.2) is 41.5 Å². The highest BCUT2D eigenvalue weighted by molar-refractivity contribution is 7.12. The van der Waals surface area contributed by atoms with Crippen LogP contribution in [0.5, 0.6) is 0 Å². The number of likely N-dealkylation sites (N-methyl/N-ethyl adjacent to an activating group) is 1. The molecule has 2 amide bonds. The van der Waals surface area contributed by atoms with E-state index in [2.05, 4.69) is 0 Å². The molecule has 0 saturated heterocycles. The van der Waals surface area contributed by atoms with Crippen molar-refractivity contribution < 1.29 is 14.7 Å². The lowest BCUT2D eigenvalue weighted by Crippen LogP contribution is -2.33. The molecular weight excluding hydrogens is 300 g/mol. The quantitative estimate of drug-likeness (QED) is 0.854. The van der Waals surface area contributed by atoms with E-state index in [0.717, 1.165) is 11.1 Å². The molecule has 0 radical (unpaired) electrons. The summed E-state index contributed by atoms with van der Waals surface area (Å²) in [5.41, 5.74) is 7.52. The zero-order chi connectivity index (χ0) is 16.1. The molecule has 116 valence electrons. The standard InChI is InChI=1S/C16H18N2O3S/c1-2-18(8-9-19)16(21)12-5-3-11(4-6-12)13-7-10-22-14(13)15(17)20/h3-7,10,19H,2,8-9H2,1H3,(H2,17,20). The van der Waals surface area contributed by atoms with E-state index in [1.807, 2.05) is 18.4 Å². The molecule has 5 nitrogen and oxygen atoms in total. The van der Waals surface area contributed by atoms with Gasteiger partial charge in [-0.05, 0) is 36.1 Å². The predicted molar refractivity (Wildman–Crippen MR) is 86.9 cm³/mol. The largest absolute Gasteiger partial charge is 0.395 e. The summed E-state index contributed by atoms with van der Waals surface area (Å²) in [7, 11) is 0. The second kappa shape index (κ2) is 7.20. The number of carbonyl (C=O) groups excluding carboxylic acids is 2. The summed E-state index contributed by atoms with van der Waals surface area (Å²) in [5, 5.41) is 10.8. The highest BCUT2D eigenvalue weighted by atomic mass is 32.1. The Morgan fingerprint density at radius 1 is 1.23 bits per heavy atom. The van der Waals surface area contributed by atoms with Gasteiger partial charge >= 0.3 is 0 Å². The molecule has 3 N–H and O–H groups in total. The number of rotatable bonds is 6. The number of benzene rings is 1. The molecular formula is C16H18N2O3S. The van der Waals surface area contributed by atoms with Gasteiger partial charge in [0.1, 0.15) is 0 Å². The fraction of sp³-hybridized carbons (Fsp3) is 0.250. The van der Waals surface area contributed by atoms with Crippen LogP contribution in [0, 0.1) is 0 Å². The topological polar surface area (TPSA) is 83.6 Å². The Labute approximate surface area is 133 Å². The van der Waals surface area contributed by atoms with Crippen molar-refractivity contribution in [1.82, 2.24) is 4.90 Å². The Bertz CT molecular complexity index is 664. The number of thiophene rings is 1. The minimum atomic E-state index is -0.453. The predicted octanol–water partition coefficient (Wildman–Crippen LogP) is 1.97. The van der Waals surface area contributed by atoms with Gasteiger partial charge in [0.05, 0.1) is 11.5 Å². The molecule has 1 aromatic carbocycles. The van der Waals surface area contributed by atoms with E-state index in [9.17, 15) is 9.59 Å². The van der Waals surface area contributed by atoms with Crippen molar-refractivity contribution in [2.75, 3.05) is 19.7 Å². The third-order valence-electron chi connectivity index (χ3n) is 3.37. The van der Waals surface area contributed by atoms with E-state index in [1.54, 1.807) is 29.2 Å². The van der Waals surface area contributed by atoms with Gasteiger partial charge in [-0.3, -0.25) is 9.59 Å². The van der Waals surface area contributed by atoms with Gasteiger partial charge in [0, 0.05) is 24.2 Å². The van der Waals surface area contributed by atoms with Gasteiger partial charge in [0.2, 0.25) is 0 Å². The lowest BCUT2D eigenvalue weighted by Gasteiger charge is -2.19. The van der Waals surface area contributed by atoms with E-state index in [-0.39, 0.29) is 12.5 Å². The van der Waals surface area contributed by atoms with E-state index < -0.39 is 5.91 Å². The molecule has 0 aliphatic rings. The maximum absolute atomic E-state index is 12.3. The fourth-order valence-corrected chi connectivity index (χ4v) is 3.00. The number of nitrogens with zero attached hydrogens (tertiary/aromatic N) is 1. The molecule has 0 atom stereocenters. The van der Waals surface area contributed by atoms with Crippen molar-refractivity contribution in [3.05, 3.63) is 46.2 Å². The van der Waals surface area contributed by atoms with Crippen molar-refractivity contribution in [3.63, 3.8) is 0 Å². The molecule has 0 spiro atoms. The first-order chi connectivity index (χ1) is 10.6. The number of aliphatic hydroxyl groups is 1. The molecule has 0 aliphatic carbocycles. The van der Waals surface area contributed by atoms with Crippen LogP contribution in [0.25, 0.3) is 11.1 Å². The van der Waals surface area contributed by atoms with Crippen LogP contribution in [0.15, 0.2) is 35.7 Å². The van der Waals surface area contributed by atoms with Crippen LogP contribution in [0.4, 0.5) is 0 Å². The SMILES string of the molecule is CCN(CCO)C(=O)c1ccc(-c2ccsc2C(N)=O)cc1. The number of aliphatic hydroxyl groups excluding tert-OH is 1. The summed E-state index contributed by atoms with van der Waals surface area (Å²) in [4.78, 5) is 25.7. The zero-order valence-electron chi connectivity index (χ0n) is 12.3. The molecule has 2 aromatic rings. The fourth-order valence-electron chi connectivity index (χ4n) is 2.23. The van der Waals surface area contributed by atoms with Gasteiger partial charge in [-0.1, -0.05) is 12.1 Å². The first kappa shape index (κ1) is 16.2. The zero-order valence-corrected chi connectivity index (χ0v) is 13.1. The van der Waals surface area contributed by atoms with Crippen LogP contribution in [-0.2, 0) is 0 Å². The van der Waals surface area contributed by atoms with Gasteiger partial charge in [0.15, 0.2) is 0 Å². The van der Waals surface area contributed by atoms with Crippen LogP contribution < -0.4 is 5.73 Å². The molecule has 1 aromatic heterocycles. The number of hydrogen-bond acceptors (Lipinski definition) is 4. The van der Waals surface area contributed by atoms with Gasteiger partial charge in [0.25, 0.3) is 11.8 Å². The summed E-state index contributed by atoms with van der Waals surface area (Å²) in [6, 6.07) is 8.88. The number of primary amides is 1. The summed E-state index contributed by atoms with van der Waals surface area (Å²) < 4.78 is 0. The summed E-state index contributed by atoms with van der Waals surface area (Å²) in [6.45, 7) is 2.66. The van der Waals surface area contributed by atoms with Crippen LogP contribution in [0.2, 0.25) is 0 Å². The molecule has 0 saturated carbocycles. The smallest absolute Gasteiger partial charge is 0.259 e. The van der Waals surface area contributed by atoms with E-state index in [1.165, 1.54) is 11.3 Å². The summed E-state index contributed by atoms with van der Waals surface area (Å²) in [6.07, 6.45) is 0. The molecule has 6 heteroatoms. The number of nitrogens with two attached hydrogens (primary N) is 1. The van der Waals surface area contributed by atoms with Crippen molar-refractivity contribution in [1.29, 1.82) is 0 Å². The van der Waals surface area contributed by atoms with E-state index in [4.69, 9.17) is 10.8 Å². The van der Waals surface area contributed by atoms with Gasteiger partial charge in [-0.2, -0.15) is 0 Å². The lowest BCUT2D eigenvalue weighted by atomic mass is 10.0. The molecule has 1 heterocycles. The minimum absolute atomic E-state index is 0.0610. The number of carbonyl (C=O) groups is 2. The Morgan fingerprint density at radius 3 is 2.45 bits per heavy atom. The summed E-state index contributed by atoms with van der Waals surface area (Å²) >= 11 is 1.30. The third-order valence-corrected chi connectivity index (χ3v) is 4.30. The van der Waals surface area contributed by atoms with Crippen molar-refractivity contribution in [2.45, 2.75) is 6.92 Å². The van der Waals surface area contributed by atoms with Crippen LogP contribution >= 0.6 is 11.3 Å². The maximum atomic E-state index is 12.3. The first-order valence-electron chi connectivity index (χ1n) is 6.96. The Morgan fingerprint density at radius 2 is 1.91 bits per heavy atom. The van der Waals surface area contributed by atoms with Crippen molar-refractivity contribution >= 4 is 23.2 Å². The first-order valence-corrected chi connectivity index (χ1v) is 7.84. The van der Waals surface area contributed by atoms with E-state index >= 15 is 0 Å². The average molecular weight is 318 g/mol. The highest BCUT2D eigenvalue weighted by Crippen LogP contribution is 2.28. The average Bonchev–Trinajstić information content (AvgIpc) is 3.02. The molecule has 2 rings (SSSR count). The molecule has 0 bridgehead atoms. The minimum Gasteiger partial charge on any atom is -0.395 e. The second-order valence-corrected chi connectivity index (χ2v) is 5.63. The molecule has 0 aliphatic heterocycles. The Hall–Kier alpha value is -2.18. The van der Waals surface area contributed by atoms with E-state index in [0.29, 0.717) is 23.5 Å². The molecule has 22 heavy (non-hydrogen) atoms.